The fraction of sp³-hybridized carbons (Fsp3) is 0. The average Bonchev–Trinajstić information content (AvgIpc) is 2.11. The zero-order valence-corrected chi connectivity index (χ0v) is 5.59. The van der Waals surface area contributed by atoms with E-state index in [-0.39, 0.29) is 0 Å². The number of hydrogen-bond acceptors (Lipinski definition) is 4. The SMILES string of the molecule is [O]=[Cr](=[O])=[O].c1cn[nH]c1. The van der Waals surface area contributed by atoms with Gasteiger partial charge in [0, 0.05) is 12.4 Å². The summed E-state index contributed by atoms with van der Waals surface area (Å²) in [7, 11) is 0. The number of hydrogen-bond donors (Lipinski definition) is 1. The van der Waals surface area contributed by atoms with Gasteiger partial charge in [-0.3, -0.25) is 5.10 Å². The minimum Gasteiger partial charge on any atom is -0.286 e. The molecule has 6 heteroatoms. The molecule has 1 aromatic heterocycles. The summed E-state index contributed by atoms with van der Waals surface area (Å²) in [6, 6.07) is 1.83. The molecule has 0 radical (unpaired) electrons. The topological polar surface area (TPSA) is 79.9 Å². The molecule has 1 aromatic rings. The van der Waals surface area contributed by atoms with Crippen LogP contribution in [0.25, 0.3) is 0 Å². The van der Waals surface area contributed by atoms with Gasteiger partial charge in [-0.15, -0.1) is 0 Å². The van der Waals surface area contributed by atoms with Gasteiger partial charge in [-0.1, -0.05) is 0 Å². The van der Waals surface area contributed by atoms with Crippen molar-refractivity contribution in [1.82, 2.24) is 10.2 Å². The van der Waals surface area contributed by atoms with E-state index >= 15 is 0 Å². The zero-order valence-electron chi connectivity index (χ0n) is 4.31. The molecule has 9 heavy (non-hydrogen) atoms. The summed E-state index contributed by atoms with van der Waals surface area (Å²) in [5.74, 6) is 0. The van der Waals surface area contributed by atoms with E-state index in [1.807, 2.05) is 6.07 Å². The Kier molecular flexibility index (Phi) is 4.78. The maximum absolute atomic E-state index is 8.54. The van der Waals surface area contributed by atoms with E-state index in [0.717, 1.165) is 0 Å². The summed E-state index contributed by atoms with van der Waals surface area (Å²) in [6.45, 7) is 0. The Morgan fingerprint density at radius 1 is 1.33 bits per heavy atom. The third kappa shape index (κ3) is 11.0. The van der Waals surface area contributed by atoms with Crippen LogP contribution in [0, 0.1) is 0 Å². The minimum absolute atomic E-state index is 1.69. The molecule has 0 aliphatic heterocycles. The minimum atomic E-state index is -3.79. The second-order valence-corrected chi connectivity index (χ2v) is 1.61. The maximum atomic E-state index is 8.54. The quantitative estimate of drug-likeness (QED) is 0.593. The van der Waals surface area contributed by atoms with Crippen LogP contribution in [-0.2, 0) is 25.4 Å². The van der Waals surface area contributed by atoms with Crippen LogP contribution in [0.3, 0.4) is 0 Å². The van der Waals surface area contributed by atoms with Gasteiger partial charge in [0.2, 0.25) is 0 Å². The molecule has 5 nitrogen and oxygen atoms in total. The first-order chi connectivity index (χ1) is 4.23. The first kappa shape index (κ1) is 8.14. The molecule has 0 fully saturated rings. The van der Waals surface area contributed by atoms with Gasteiger partial charge in [0.15, 0.2) is 0 Å². The van der Waals surface area contributed by atoms with Gasteiger partial charge >= 0.3 is 25.4 Å². The number of rotatable bonds is 0. The van der Waals surface area contributed by atoms with E-state index in [4.69, 9.17) is 11.4 Å². The van der Waals surface area contributed by atoms with Crippen LogP contribution < -0.4 is 0 Å². The van der Waals surface area contributed by atoms with Gasteiger partial charge < -0.3 is 0 Å². The van der Waals surface area contributed by atoms with E-state index in [1.165, 1.54) is 0 Å². The molecule has 0 aliphatic rings. The molecule has 1 heterocycles. The zero-order chi connectivity index (χ0) is 7.11. The van der Waals surface area contributed by atoms with Crippen LogP contribution in [0.15, 0.2) is 18.5 Å². The maximum Gasteiger partial charge on any atom is 0.0487 e. The van der Waals surface area contributed by atoms with E-state index in [2.05, 4.69) is 10.2 Å². The number of H-pyrrole nitrogens is 1. The fourth-order valence-electron chi connectivity index (χ4n) is 0.215. The molecule has 0 aliphatic carbocycles. The normalized spacial score (nSPS) is 7.11. The van der Waals surface area contributed by atoms with E-state index in [9.17, 15) is 0 Å². The van der Waals surface area contributed by atoms with Crippen molar-refractivity contribution in [2.24, 2.45) is 0 Å². The third-order valence-corrected chi connectivity index (χ3v) is 0.406. The molecular formula is C3H4CrN2O3. The first-order valence-electron chi connectivity index (χ1n) is 1.94. The van der Waals surface area contributed by atoms with Gasteiger partial charge in [-0.2, -0.15) is 5.10 Å². The predicted octanol–water partition coefficient (Wildman–Crippen LogP) is 0.0508. The summed E-state index contributed by atoms with van der Waals surface area (Å²) in [5, 5.41) is 6.21. The van der Waals surface area contributed by atoms with Crippen molar-refractivity contribution < 1.29 is 25.4 Å². The van der Waals surface area contributed by atoms with Crippen LogP contribution in [0.4, 0.5) is 0 Å². The summed E-state index contributed by atoms with van der Waals surface area (Å²) < 4.78 is 25.6. The van der Waals surface area contributed by atoms with Gasteiger partial charge in [0.25, 0.3) is 0 Å². The summed E-state index contributed by atoms with van der Waals surface area (Å²) >= 11 is -3.79. The molecule has 0 spiro atoms. The van der Waals surface area contributed by atoms with Crippen LogP contribution in [-0.4, -0.2) is 10.2 Å². The molecule has 0 saturated heterocycles. The Morgan fingerprint density at radius 2 is 1.89 bits per heavy atom. The van der Waals surface area contributed by atoms with Crippen LogP contribution in [0.1, 0.15) is 0 Å². The summed E-state index contributed by atoms with van der Waals surface area (Å²) in [5.41, 5.74) is 0. The monoisotopic (exact) mass is 168 g/mol. The van der Waals surface area contributed by atoms with Gasteiger partial charge in [-0.25, -0.2) is 0 Å². The first-order valence-corrected chi connectivity index (χ1v) is 3.50. The van der Waals surface area contributed by atoms with Crippen LogP contribution in [0.5, 0.6) is 0 Å². The molecule has 1 rings (SSSR count). The number of aromatic nitrogens is 2. The standard InChI is InChI=1S/C3H4N2.Cr.3O/c1-2-4-5-3-1;;;;/h1-3H,(H,4,5);;;;. The molecule has 0 bridgehead atoms. The predicted molar refractivity (Wildman–Crippen MR) is 20.6 cm³/mol. The van der Waals surface area contributed by atoms with Crippen molar-refractivity contribution in [1.29, 1.82) is 0 Å². The largest absolute Gasteiger partial charge is 0.286 e. The number of nitrogens with zero attached hydrogens (tertiary/aromatic N) is 1. The molecule has 50 valence electrons. The van der Waals surface area contributed by atoms with Crippen LogP contribution >= 0.6 is 0 Å². The molecule has 0 saturated carbocycles. The number of aromatic amines is 1. The van der Waals surface area contributed by atoms with Gasteiger partial charge in [0.1, 0.15) is 0 Å². The fourth-order valence-corrected chi connectivity index (χ4v) is 0.215. The molecule has 1 N–H and O–H groups in total. The second-order valence-electron chi connectivity index (χ2n) is 0.971. The van der Waals surface area contributed by atoms with E-state index in [0.29, 0.717) is 0 Å². The van der Waals surface area contributed by atoms with Crippen molar-refractivity contribution in [3.05, 3.63) is 18.5 Å². The Hall–Kier alpha value is -0.858. The second kappa shape index (κ2) is 5.28. The Balaban J connectivity index is 0.000000148. The molecule has 0 atom stereocenters. The van der Waals surface area contributed by atoms with Gasteiger partial charge in [-0.05, 0) is 6.07 Å². The Labute approximate surface area is 54.7 Å². The van der Waals surface area contributed by atoms with Crippen molar-refractivity contribution in [2.75, 3.05) is 0 Å². The smallest absolute Gasteiger partial charge is 0.0487 e. The van der Waals surface area contributed by atoms with E-state index < -0.39 is 14.0 Å². The average molecular weight is 168 g/mol. The van der Waals surface area contributed by atoms with Crippen LogP contribution in [0.2, 0.25) is 0 Å². The summed E-state index contributed by atoms with van der Waals surface area (Å²) in [4.78, 5) is 0. The molecule has 0 aromatic carbocycles. The van der Waals surface area contributed by atoms with Crippen molar-refractivity contribution in [2.45, 2.75) is 0 Å². The van der Waals surface area contributed by atoms with E-state index in [1.54, 1.807) is 12.4 Å². The van der Waals surface area contributed by atoms with Crippen molar-refractivity contribution >= 4 is 0 Å². The van der Waals surface area contributed by atoms with Crippen molar-refractivity contribution in [3.8, 4) is 0 Å². The third-order valence-electron chi connectivity index (χ3n) is 0.406. The van der Waals surface area contributed by atoms with Gasteiger partial charge in [0.05, 0.1) is 0 Å². The summed E-state index contributed by atoms with van der Waals surface area (Å²) in [6.07, 6.45) is 3.46. The number of nitrogens with one attached hydrogen (secondary N) is 1. The Bertz CT molecular complexity index is 199. The Morgan fingerprint density at radius 3 is 2.00 bits per heavy atom. The van der Waals surface area contributed by atoms with Crippen molar-refractivity contribution in [3.63, 3.8) is 0 Å². The molecular weight excluding hydrogens is 164 g/mol. The molecule has 0 unspecified atom stereocenters. The molecule has 0 amide bonds.